The molecule has 0 aliphatic rings. The summed E-state index contributed by atoms with van der Waals surface area (Å²) in [4.78, 5) is 0. The highest BCUT2D eigenvalue weighted by molar-refractivity contribution is 6.62. The SMILES string of the molecule is C=Cc1ccccc1CNC(CC)[Si](OCC)(OCC)OCC. The summed E-state index contributed by atoms with van der Waals surface area (Å²) in [7, 11) is -2.74. The summed E-state index contributed by atoms with van der Waals surface area (Å²) in [6, 6.07) is 8.26. The summed E-state index contributed by atoms with van der Waals surface area (Å²) in [5, 5.41) is 3.59. The van der Waals surface area contributed by atoms with Crippen molar-refractivity contribution in [2.75, 3.05) is 19.8 Å². The van der Waals surface area contributed by atoms with Gasteiger partial charge in [-0.2, -0.15) is 0 Å². The van der Waals surface area contributed by atoms with E-state index >= 15 is 0 Å². The maximum atomic E-state index is 6.02. The van der Waals surface area contributed by atoms with E-state index < -0.39 is 8.80 Å². The van der Waals surface area contributed by atoms with Gasteiger partial charge in [0.25, 0.3) is 0 Å². The average Bonchev–Trinajstić information content (AvgIpc) is 2.56. The third kappa shape index (κ3) is 5.55. The van der Waals surface area contributed by atoms with Crippen LogP contribution in [0.1, 0.15) is 45.2 Å². The molecule has 1 aromatic carbocycles. The molecule has 0 saturated carbocycles. The summed E-state index contributed by atoms with van der Waals surface area (Å²) in [5.41, 5.74) is 2.43. The van der Waals surface area contributed by atoms with Crippen LogP contribution in [0.4, 0.5) is 0 Å². The van der Waals surface area contributed by atoms with Crippen LogP contribution in [0, 0.1) is 0 Å². The predicted octanol–water partition coefficient (Wildman–Crippen LogP) is 3.79. The standard InChI is InChI=1S/C18H31NO3Si/c1-6-16-13-11-12-14-17(16)15-19-18(7-2)23(20-8-3,21-9-4)22-10-5/h6,11-14,18-19H,1,7-10,15H2,2-5H3. The van der Waals surface area contributed by atoms with Crippen molar-refractivity contribution in [1.29, 1.82) is 0 Å². The minimum absolute atomic E-state index is 0.0696. The Morgan fingerprint density at radius 3 is 2.09 bits per heavy atom. The van der Waals surface area contributed by atoms with Crippen molar-refractivity contribution < 1.29 is 13.3 Å². The van der Waals surface area contributed by atoms with E-state index in [2.05, 4.69) is 31.0 Å². The van der Waals surface area contributed by atoms with Gasteiger partial charge in [-0.3, -0.25) is 0 Å². The summed E-state index contributed by atoms with van der Waals surface area (Å²) >= 11 is 0. The average molecular weight is 338 g/mol. The van der Waals surface area contributed by atoms with E-state index in [4.69, 9.17) is 13.3 Å². The molecule has 0 spiro atoms. The second kappa shape index (κ2) is 10.7. The lowest BCUT2D eigenvalue weighted by Gasteiger charge is -2.35. The van der Waals surface area contributed by atoms with Crippen molar-refractivity contribution >= 4 is 14.9 Å². The lowest BCUT2D eigenvalue weighted by atomic mass is 10.1. The van der Waals surface area contributed by atoms with Crippen LogP contribution in [-0.2, 0) is 19.8 Å². The molecule has 130 valence electrons. The van der Waals surface area contributed by atoms with Crippen LogP contribution in [0.3, 0.4) is 0 Å². The van der Waals surface area contributed by atoms with Gasteiger partial charge in [0.15, 0.2) is 0 Å². The topological polar surface area (TPSA) is 39.7 Å². The molecule has 1 atom stereocenters. The predicted molar refractivity (Wildman–Crippen MR) is 98.1 cm³/mol. The zero-order valence-electron chi connectivity index (χ0n) is 14.9. The fourth-order valence-electron chi connectivity index (χ4n) is 2.68. The van der Waals surface area contributed by atoms with Gasteiger partial charge < -0.3 is 18.6 Å². The molecule has 0 aliphatic carbocycles. The van der Waals surface area contributed by atoms with E-state index in [1.807, 2.05) is 39.0 Å². The van der Waals surface area contributed by atoms with Crippen LogP contribution in [0.25, 0.3) is 6.08 Å². The van der Waals surface area contributed by atoms with Gasteiger partial charge in [0.1, 0.15) is 0 Å². The molecule has 0 saturated heterocycles. The highest BCUT2D eigenvalue weighted by atomic mass is 28.4. The van der Waals surface area contributed by atoms with Gasteiger partial charge in [-0.15, -0.1) is 0 Å². The molecule has 4 nitrogen and oxygen atoms in total. The molecule has 23 heavy (non-hydrogen) atoms. The Balaban J connectivity index is 2.91. The summed E-state index contributed by atoms with van der Waals surface area (Å²) < 4.78 is 18.1. The molecule has 0 bridgehead atoms. The van der Waals surface area contributed by atoms with E-state index in [-0.39, 0.29) is 5.67 Å². The fraction of sp³-hybridized carbons (Fsp3) is 0.556. The molecule has 0 radical (unpaired) electrons. The smallest absolute Gasteiger partial charge is 0.373 e. The Morgan fingerprint density at radius 2 is 1.61 bits per heavy atom. The summed E-state index contributed by atoms with van der Waals surface area (Å²) in [6.07, 6.45) is 2.78. The first kappa shape index (κ1) is 20.1. The molecule has 0 fully saturated rings. The Kier molecular flexibility index (Phi) is 9.36. The quantitative estimate of drug-likeness (QED) is 0.589. The van der Waals surface area contributed by atoms with Gasteiger partial charge in [0, 0.05) is 26.4 Å². The Labute approximate surface area is 142 Å². The summed E-state index contributed by atoms with van der Waals surface area (Å²) in [6.45, 7) is 14.5. The molecule has 5 heteroatoms. The van der Waals surface area contributed by atoms with Gasteiger partial charge in [0.05, 0.1) is 5.67 Å². The van der Waals surface area contributed by atoms with Crippen LogP contribution >= 0.6 is 0 Å². The van der Waals surface area contributed by atoms with Crippen molar-refractivity contribution in [2.24, 2.45) is 0 Å². The fourth-order valence-corrected chi connectivity index (χ4v) is 5.59. The van der Waals surface area contributed by atoms with Gasteiger partial charge in [0.2, 0.25) is 0 Å². The molecule has 0 heterocycles. The normalized spacial score (nSPS) is 13.0. The minimum atomic E-state index is -2.74. The second-order valence-corrected chi connectivity index (χ2v) is 7.92. The third-order valence-corrected chi connectivity index (χ3v) is 7.22. The number of hydrogen-bond acceptors (Lipinski definition) is 4. The van der Waals surface area contributed by atoms with E-state index in [1.54, 1.807) is 0 Å². The lowest BCUT2D eigenvalue weighted by Crippen LogP contribution is -2.61. The van der Waals surface area contributed by atoms with E-state index in [9.17, 15) is 0 Å². The maximum Gasteiger partial charge on any atom is 0.518 e. The number of rotatable bonds is 12. The van der Waals surface area contributed by atoms with Crippen molar-refractivity contribution in [2.45, 2.75) is 46.3 Å². The van der Waals surface area contributed by atoms with Crippen LogP contribution in [0.15, 0.2) is 30.8 Å². The Hall–Kier alpha value is -0.983. The summed E-state index contributed by atoms with van der Waals surface area (Å²) in [5.74, 6) is 0. The first-order valence-corrected chi connectivity index (χ1v) is 10.3. The van der Waals surface area contributed by atoms with Gasteiger partial charge in [-0.05, 0) is 38.3 Å². The first-order chi connectivity index (χ1) is 11.2. The zero-order valence-corrected chi connectivity index (χ0v) is 15.9. The molecule has 1 rings (SSSR count). The highest BCUT2D eigenvalue weighted by Crippen LogP contribution is 2.19. The van der Waals surface area contributed by atoms with Crippen LogP contribution in [-0.4, -0.2) is 34.3 Å². The Bertz CT molecular complexity index is 450. The third-order valence-electron chi connectivity index (χ3n) is 3.69. The zero-order chi connectivity index (χ0) is 17.1. The van der Waals surface area contributed by atoms with Gasteiger partial charge >= 0.3 is 8.80 Å². The maximum absolute atomic E-state index is 6.02. The van der Waals surface area contributed by atoms with Crippen molar-refractivity contribution in [1.82, 2.24) is 5.32 Å². The molecule has 1 unspecified atom stereocenters. The largest absolute Gasteiger partial charge is 0.518 e. The van der Waals surface area contributed by atoms with Gasteiger partial charge in [-0.1, -0.05) is 43.8 Å². The molecule has 0 aliphatic heterocycles. The number of hydrogen-bond donors (Lipinski definition) is 1. The first-order valence-electron chi connectivity index (χ1n) is 8.52. The van der Waals surface area contributed by atoms with E-state index in [0.717, 1.165) is 18.5 Å². The number of nitrogens with one attached hydrogen (secondary N) is 1. The van der Waals surface area contributed by atoms with Crippen LogP contribution < -0.4 is 5.32 Å². The molecule has 1 aromatic rings. The molecule has 0 amide bonds. The van der Waals surface area contributed by atoms with Crippen LogP contribution in [0.5, 0.6) is 0 Å². The molecule has 1 N–H and O–H groups in total. The van der Waals surface area contributed by atoms with Crippen molar-refractivity contribution in [3.8, 4) is 0 Å². The van der Waals surface area contributed by atoms with Crippen molar-refractivity contribution in [3.05, 3.63) is 42.0 Å². The van der Waals surface area contributed by atoms with Gasteiger partial charge in [-0.25, -0.2) is 0 Å². The molecular weight excluding hydrogens is 306 g/mol. The Morgan fingerprint density at radius 1 is 1.04 bits per heavy atom. The van der Waals surface area contributed by atoms with Crippen molar-refractivity contribution in [3.63, 3.8) is 0 Å². The molecule has 0 aromatic heterocycles. The second-order valence-electron chi connectivity index (χ2n) is 5.15. The van der Waals surface area contributed by atoms with E-state index in [1.165, 1.54) is 5.56 Å². The van der Waals surface area contributed by atoms with E-state index in [0.29, 0.717) is 19.8 Å². The number of benzene rings is 1. The highest BCUT2D eigenvalue weighted by Gasteiger charge is 2.48. The molecular formula is C18H31NO3Si. The lowest BCUT2D eigenvalue weighted by molar-refractivity contribution is 0.0571. The minimum Gasteiger partial charge on any atom is -0.373 e. The van der Waals surface area contributed by atoms with Crippen LogP contribution in [0.2, 0.25) is 0 Å². The monoisotopic (exact) mass is 337 g/mol.